The topological polar surface area (TPSA) is 85.9 Å². The van der Waals surface area contributed by atoms with Gasteiger partial charge in [-0.1, -0.05) is 11.6 Å². The highest BCUT2D eigenvalue weighted by Gasteiger charge is 2.33. The number of ether oxygens (including phenoxy) is 3. The Labute approximate surface area is 146 Å². The minimum atomic E-state index is -3.09. The molecule has 1 aliphatic rings. The number of halogens is 3. The van der Waals surface area contributed by atoms with E-state index in [1.165, 1.54) is 33.3 Å². The van der Waals surface area contributed by atoms with Crippen LogP contribution in [0.1, 0.15) is 18.5 Å². The predicted octanol–water partition coefficient (Wildman–Crippen LogP) is 2.75. The zero-order valence-corrected chi connectivity index (χ0v) is 14.2. The fraction of sp³-hybridized carbons (Fsp3) is 0.333. The first kappa shape index (κ1) is 18.8. The summed E-state index contributed by atoms with van der Waals surface area (Å²) in [5, 5.41) is 4.86. The van der Waals surface area contributed by atoms with Gasteiger partial charge in [0.15, 0.2) is 11.5 Å². The minimum Gasteiger partial charge on any atom is -0.493 e. The molecule has 1 aliphatic heterocycles. The first-order chi connectivity index (χ1) is 11.8. The zero-order valence-electron chi connectivity index (χ0n) is 13.5. The number of benzene rings is 1. The lowest BCUT2D eigenvalue weighted by molar-refractivity contribution is -0.136. The third kappa shape index (κ3) is 3.93. The Morgan fingerprint density at radius 1 is 1.32 bits per heavy atom. The van der Waals surface area contributed by atoms with E-state index in [1.807, 2.05) is 0 Å². The van der Waals surface area contributed by atoms with Crippen LogP contribution in [0.4, 0.5) is 13.6 Å². The Morgan fingerprint density at radius 2 is 2.00 bits per heavy atom. The third-order valence-electron chi connectivity index (χ3n) is 3.47. The largest absolute Gasteiger partial charge is 0.493 e. The normalized spacial score (nSPS) is 17.1. The Hall–Kier alpha value is -2.55. The number of esters is 1. The van der Waals surface area contributed by atoms with E-state index < -0.39 is 24.7 Å². The van der Waals surface area contributed by atoms with Crippen molar-refractivity contribution in [3.63, 3.8) is 0 Å². The summed E-state index contributed by atoms with van der Waals surface area (Å²) in [6.45, 7) is -1.56. The van der Waals surface area contributed by atoms with Crippen LogP contribution in [0.3, 0.4) is 0 Å². The van der Waals surface area contributed by atoms with Gasteiger partial charge < -0.3 is 24.8 Å². The highest BCUT2D eigenvalue weighted by molar-refractivity contribution is 6.32. The molecule has 1 heterocycles. The van der Waals surface area contributed by atoms with E-state index in [0.29, 0.717) is 11.3 Å². The smallest absolute Gasteiger partial charge is 0.387 e. The number of hydrogen-bond donors (Lipinski definition) is 2. The van der Waals surface area contributed by atoms with Crippen LogP contribution in [0.5, 0.6) is 11.5 Å². The molecule has 1 aromatic carbocycles. The number of amides is 2. The predicted molar refractivity (Wildman–Crippen MR) is 83.8 cm³/mol. The van der Waals surface area contributed by atoms with Crippen LogP contribution in [0.2, 0.25) is 5.02 Å². The molecule has 0 bridgehead atoms. The first-order valence-electron chi connectivity index (χ1n) is 6.97. The summed E-state index contributed by atoms with van der Waals surface area (Å²) in [6, 6.07) is 1.19. The molecule has 10 heteroatoms. The van der Waals surface area contributed by atoms with Crippen LogP contribution >= 0.6 is 11.6 Å². The molecule has 0 unspecified atom stereocenters. The number of rotatable bonds is 5. The van der Waals surface area contributed by atoms with Crippen LogP contribution in [0.25, 0.3) is 0 Å². The number of nitrogens with one attached hydrogen (secondary N) is 2. The van der Waals surface area contributed by atoms with Gasteiger partial charge in [0.25, 0.3) is 0 Å². The molecule has 136 valence electrons. The molecule has 0 saturated carbocycles. The Balaban J connectivity index is 2.55. The van der Waals surface area contributed by atoms with Gasteiger partial charge in [0.2, 0.25) is 0 Å². The quantitative estimate of drug-likeness (QED) is 0.772. The monoisotopic (exact) mass is 376 g/mol. The first-order valence-corrected chi connectivity index (χ1v) is 7.35. The van der Waals surface area contributed by atoms with Gasteiger partial charge in [-0.3, -0.25) is 0 Å². The summed E-state index contributed by atoms with van der Waals surface area (Å²) >= 11 is 6.01. The number of alkyl halides is 2. The Bertz CT molecular complexity index is 739. The zero-order chi connectivity index (χ0) is 18.7. The average molecular weight is 377 g/mol. The second kappa shape index (κ2) is 7.56. The van der Waals surface area contributed by atoms with Gasteiger partial charge in [-0.25, -0.2) is 9.59 Å². The molecular weight excluding hydrogens is 362 g/mol. The molecule has 0 fully saturated rings. The van der Waals surface area contributed by atoms with Gasteiger partial charge in [0, 0.05) is 5.70 Å². The van der Waals surface area contributed by atoms with Gasteiger partial charge in [0.05, 0.1) is 30.9 Å². The van der Waals surface area contributed by atoms with Crippen molar-refractivity contribution in [2.75, 3.05) is 14.2 Å². The summed E-state index contributed by atoms with van der Waals surface area (Å²) in [4.78, 5) is 23.8. The van der Waals surface area contributed by atoms with Crippen LogP contribution < -0.4 is 20.1 Å². The molecule has 0 radical (unpaired) electrons. The second-order valence-corrected chi connectivity index (χ2v) is 5.38. The van der Waals surface area contributed by atoms with Gasteiger partial charge in [-0.2, -0.15) is 8.78 Å². The van der Waals surface area contributed by atoms with E-state index in [4.69, 9.17) is 21.1 Å². The number of hydrogen-bond acceptors (Lipinski definition) is 5. The standard InChI is InChI=1S/C15H15ClF2N2O5/c1-6-10(13(21)24-3)11(20-15(22)19-6)7-4-8(16)12(25-14(17)18)9(5-7)23-2/h4-5,11,14H,1-3H3,(H2,19,20,22)/t11-/m1/s1. The van der Waals surface area contributed by atoms with Crippen molar-refractivity contribution in [1.82, 2.24) is 10.6 Å². The second-order valence-electron chi connectivity index (χ2n) is 4.97. The van der Waals surface area contributed by atoms with Gasteiger partial charge in [-0.15, -0.1) is 0 Å². The molecule has 1 atom stereocenters. The van der Waals surface area contributed by atoms with E-state index in [2.05, 4.69) is 15.4 Å². The maximum atomic E-state index is 12.5. The SMILES string of the molecule is COC(=O)C1=C(C)NC(=O)N[C@@H]1c1cc(Cl)c(OC(F)F)c(OC)c1. The van der Waals surface area contributed by atoms with Crippen molar-refractivity contribution in [1.29, 1.82) is 0 Å². The summed E-state index contributed by atoms with van der Waals surface area (Å²) in [7, 11) is 2.44. The lowest BCUT2D eigenvalue weighted by Crippen LogP contribution is -2.45. The number of urea groups is 1. The van der Waals surface area contributed by atoms with Crippen LogP contribution in [-0.4, -0.2) is 32.8 Å². The number of carbonyl (C=O) groups is 2. The van der Waals surface area contributed by atoms with E-state index in [1.54, 1.807) is 0 Å². The van der Waals surface area contributed by atoms with Crippen molar-refractivity contribution >= 4 is 23.6 Å². The maximum absolute atomic E-state index is 12.5. The van der Waals surface area contributed by atoms with E-state index in [9.17, 15) is 18.4 Å². The van der Waals surface area contributed by atoms with Crippen LogP contribution in [0, 0.1) is 0 Å². The Kier molecular flexibility index (Phi) is 5.68. The van der Waals surface area contributed by atoms with E-state index >= 15 is 0 Å². The van der Waals surface area contributed by atoms with Gasteiger partial charge in [-0.05, 0) is 24.6 Å². The fourth-order valence-corrected chi connectivity index (χ4v) is 2.70. The number of carbonyl (C=O) groups excluding carboxylic acids is 2. The van der Waals surface area contributed by atoms with E-state index in [-0.39, 0.29) is 22.1 Å². The average Bonchev–Trinajstić information content (AvgIpc) is 2.54. The molecular formula is C15H15ClF2N2O5. The highest BCUT2D eigenvalue weighted by atomic mass is 35.5. The molecule has 25 heavy (non-hydrogen) atoms. The molecule has 1 aromatic rings. The number of allylic oxidation sites excluding steroid dienone is 1. The minimum absolute atomic E-state index is 0.0718. The maximum Gasteiger partial charge on any atom is 0.387 e. The number of methoxy groups -OCH3 is 2. The van der Waals surface area contributed by atoms with Crippen molar-refractivity contribution in [2.24, 2.45) is 0 Å². The van der Waals surface area contributed by atoms with Crippen molar-refractivity contribution in [2.45, 2.75) is 19.6 Å². The van der Waals surface area contributed by atoms with Gasteiger partial charge >= 0.3 is 18.6 Å². The van der Waals surface area contributed by atoms with Crippen molar-refractivity contribution in [3.8, 4) is 11.5 Å². The molecule has 0 spiro atoms. The fourth-order valence-electron chi connectivity index (χ4n) is 2.43. The summed E-state index contributed by atoms with van der Waals surface area (Å²) in [6.07, 6.45) is 0. The molecule has 2 rings (SSSR count). The molecule has 7 nitrogen and oxygen atoms in total. The summed E-state index contributed by atoms with van der Waals surface area (Å²) < 4.78 is 39.2. The Morgan fingerprint density at radius 3 is 2.56 bits per heavy atom. The van der Waals surface area contributed by atoms with Crippen molar-refractivity contribution in [3.05, 3.63) is 34.0 Å². The lowest BCUT2D eigenvalue weighted by Gasteiger charge is -2.28. The van der Waals surface area contributed by atoms with Crippen LogP contribution in [0.15, 0.2) is 23.4 Å². The van der Waals surface area contributed by atoms with Crippen molar-refractivity contribution < 1.29 is 32.6 Å². The van der Waals surface area contributed by atoms with Gasteiger partial charge in [0.1, 0.15) is 0 Å². The third-order valence-corrected chi connectivity index (χ3v) is 3.75. The summed E-state index contributed by atoms with van der Waals surface area (Å²) in [5.74, 6) is -1.08. The summed E-state index contributed by atoms with van der Waals surface area (Å²) in [5.41, 5.74) is 0.768. The molecule has 2 amide bonds. The lowest BCUT2D eigenvalue weighted by atomic mass is 9.95. The highest BCUT2D eigenvalue weighted by Crippen LogP contribution is 2.40. The molecule has 0 saturated heterocycles. The van der Waals surface area contributed by atoms with E-state index in [0.717, 1.165) is 0 Å². The van der Waals surface area contributed by atoms with Crippen LogP contribution in [-0.2, 0) is 9.53 Å². The molecule has 0 aromatic heterocycles. The molecule has 0 aliphatic carbocycles. The molecule has 2 N–H and O–H groups in total.